The van der Waals surface area contributed by atoms with Crippen molar-refractivity contribution < 1.29 is 13.2 Å². The summed E-state index contributed by atoms with van der Waals surface area (Å²) in [4.78, 5) is 22.6. The number of amidine groups is 1. The number of nitrogens with zero attached hydrogens (tertiary/aromatic N) is 3. The van der Waals surface area contributed by atoms with E-state index < -0.39 is 16.1 Å². The molecule has 1 N–H and O–H groups in total. The van der Waals surface area contributed by atoms with Crippen molar-refractivity contribution >= 4 is 21.8 Å². The third kappa shape index (κ3) is 5.12. The van der Waals surface area contributed by atoms with Crippen molar-refractivity contribution in [2.24, 2.45) is 10.9 Å². The number of aliphatic imine (C=N–C) groups is 1. The van der Waals surface area contributed by atoms with Gasteiger partial charge in [-0.2, -0.15) is 0 Å². The SMILES string of the molecule is CC[C@H](C)[C@H](N=C1NS(=O)(=O)c2ccccc21)C(=O)N1CCN(Cc2cccc(C)c2)CC1. The minimum Gasteiger partial charge on any atom is -0.338 e. The number of carbonyl (C=O) groups is 1. The largest absolute Gasteiger partial charge is 0.338 e. The molecule has 2 aromatic carbocycles. The van der Waals surface area contributed by atoms with Gasteiger partial charge < -0.3 is 4.90 Å². The summed E-state index contributed by atoms with van der Waals surface area (Å²) in [6, 6.07) is 14.7. The van der Waals surface area contributed by atoms with Crippen LogP contribution in [0.15, 0.2) is 58.4 Å². The summed E-state index contributed by atoms with van der Waals surface area (Å²) >= 11 is 0. The summed E-state index contributed by atoms with van der Waals surface area (Å²) in [6.07, 6.45) is 0.773. The van der Waals surface area contributed by atoms with Gasteiger partial charge in [-0.3, -0.25) is 19.4 Å². The van der Waals surface area contributed by atoms with Gasteiger partial charge in [0.1, 0.15) is 11.9 Å². The van der Waals surface area contributed by atoms with Gasteiger partial charge in [-0.25, -0.2) is 8.42 Å². The highest BCUT2D eigenvalue weighted by atomic mass is 32.2. The van der Waals surface area contributed by atoms with Crippen LogP contribution in [-0.4, -0.2) is 62.2 Å². The summed E-state index contributed by atoms with van der Waals surface area (Å²) in [5.41, 5.74) is 3.06. The maximum Gasteiger partial charge on any atom is 0.263 e. The van der Waals surface area contributed by atoms with E-state index in [1.807, 2.05) is 18.7 Å². The van der Waals surface area contributed by atoms with Crippen LogP contribution < -0.4 is 4.72 Å². The van der Waals surface area contributed by atoms with Gasteiger partial charge >= 0.3 is 0 Å². The lowest BCUT2D eigenvalue weighted by atomic mass is 9.97. The predicted octanol–water partition coefficient (Wildman–Crippen LogP) is 2.79. The van der Waals surface area contributed by atoms with Gasteiger partial charge in [-0.1, -0.05) is 62.2 Å². The Balaban J connectivity index is 1.48. The molecule has 8 heteroatoms. The number of sulfonamides is 1. The molecule has 1 amide bonds. The quantitative estimate of drug-likeness (QED) is 0.707. The van der Waals surface area contributed by atoms with Crippen LogP contribution in [0.3, 0.4) is 0 Å². The summed E-state index contributed by atoms with van der Waals surface area (Å²) < 4.78 is 27.5. The fourth-order valence-electron chi connectivity index (χ4n) is 4.40. The van der Waals surface area contributed by atoms with Gasteiger partial charge in [0, 0.05) is 38.3 Å². The normalized spacial score (nSPS) is 20.8. The van der Waals surface area contributed by atoms with E-state index in [2.05, 4.69) is 45.8 Å². The number of nitrogens with one attached hydrogen (secondary N) is 1. The number of fused-ring (bicyclic) bond motifs is 1. The Hall–Kier alpha value is -2.71. The van der Waals surface area contributed by atoms with Crippen LogP contribution in [0.4, 0.5) is 0 Å². The molecule has 4 rings (SSSR count). The third-order valence-corrected chi connectivity index (χ3v) is 7.94. The molecule has 7 nitrogen and oxygen atoms in total. The molecule has 0 aliphatic carbocycles. The second-order valence-electron chi connectivity index (χ2n) is 9.00. The molecular formula is C25H32N4O3S. The van der Waals surface area contributed by atoms with Crippen LogP contribution >= 0.6 is 0 Å². The predicted molar refractivity (Wildman–Crippen MR) is 130 cm³/mol. The van der Waals surface area contributed by atoms with Crippen molar-refractivity contribution in [1.82, 2.24) is 14.5 Å². The van der Waals surface area contributed by atoms with E-state index in [0.29, 0.717) is 18.7 Å². The van der Waals surface area contributed by atoms with Crippen LogP contribution in [-0.2, 0) is 21.4 Å². The van der Waals surface area contributed by atoms with Crippen molar-refractivity contribution in [2.45, 2.75) is 44.7 Å². The number of amides is 1. The molecule has 2 atom stereocenters. The zero-order chi connectivity index (χ0) is 23.6. The fourth-order valence-corrected chi connectivity index (χ4v) is 5.64. The highest BCUT2D eigenvalue weighted by Crippen LogP contribution is 2.25. The first kappa shape index (κ1) is 23.4. The second kappa shape index (κ2) is 9.65. The zero-order valence-electron chi connectivity index (χ0n) is 19.5. The molecule has 176 valence electrons. The number of piperazine rings is 1. The van der Waals surface area contributed by atoms with Gasteiger partial charge in [0.2, 0.25) is 5.91 Å². The maximum atomic E-state index is 13.5. The van der Waals surface area contributed by atoms with Gasteiger partial charge in [-0.05, 0) is 30.5 Å². The van der Waals surface area contributed by atoms with Crippen LogP contribution in [0.5, 0.6) is 0 Å². The molecule has 0 radical (unpaired) electrons. The summed E-state index contributed by atoms with van der Waals surface area (Å²) in [5.74, 6) is 0.227. The van der Waals surface area contributed by atoms with Crippen molar-refractivity contribution in [3.05, 3.63) is 65.2 Å². The van der Waals surface area contributed by atoms with Gasteiger partial charge in [-0.15, -0.1) is 0 Å². The number of hydrogen-bond acceptors (Lipinski definition) is 5. The number of hydrogen-bond donors (Lipinski definition) is 1. The highest BCUT2D eigenvalue weighted by molar-refractivity contribution is 7.90. The Bertz CT molecular complexity index is 1150. The molecule has 1 fully saturated rings. The van der Waals surface area contributed by atoms with Crippen molar-refractivity contribution in [3.63, 3.8) is 0 Å². The van der Waals surface area contributed by atoms with E-state index in [4.69, 9.17) is 0 Å². The van der Waals surface area contributed by atoms with Gasteiger partial charge in [0.25, 0.3) is 10.0 Å². The Morgan fingerprint density at radius 1 is 1.09 bits per heavy atom. The van der Waals surface area contributed by atoms with Gasteiger partial charge in [0.05, 0.1) is 4.90 Å². The Labute approximate surface area is 196 Å². The Kier molecular flexibility index (Phi) is 6.86. The lowest BCUT2D eigenvalue weighted by Gasteiger charge is -2.36. The Morgan fingerprint density at radius 2 is 1.82 bits per heavy atom. The molecule has 0 bridgehead atoms. The van der Waals surface area contributed by atoms with E-state index in [-0.39, 0.29) is 22.6 Å². The summed E-state index contributed by atoms with van der Waals surface area (Å²) in [5, 5.41) is 0. The van der Waals surface area contributed by atoms with E-state index in [1.54, 1.807) is 24.3 Å². The lowest BCUT2D eigenvalue weighted by Crippen LogP contribution is -2.52. The zero-order valence-corrected chi connectivity index (χ0v) is 20.3. The molecule has 1 saturated heterocycles. The van der Waals surface area contributed by atoms with Crippen LogP contribution in [0.1, 0.15) is 37.0 Å². The molecule has 0 unspecified atom stereocenters. The maximum absolute atomic E-state index is 13.5. The molecular weight excluding hydrogens is 436 g/mol. The first-order valence-corrected chi connectivity index (χ1v) is 13.0. The van der Waals surface area contributed by atoms with Gasteiger partial charge in [0.15, 0.2) is 0 Å². The van der Waals surface area contributed by atoms with Crippen molar-refractivity contribution in [3.8, 4) is 0 Å². The minimum atomic E-state index is -3.64. The first-order valence-electron chi connectivity index (χ1n) is 11.5. The molecule has 2 heterocycles. The molecule has 33 heavy (non-hydrogen) atoms. The minimum absolute atomic E-state index is 0.00686. The average Bonchev–Trinajstić information content (AvgIpc) is 3.07. The summed E-state index contributed by atoms with van der Waals surface area (Å²) in [6.45, 7) is 9.89. The standard InChI is InChI=1S/C25H32N4O3S/c1-4-19(3)23(26-24-21-10-5-6-11-22(21)33(31,32)27-24)25(30)29-14-12-28(13-15-29)17-20-9-7-8-18(2)16-20/h5-11,16,19,23H,4,12-15,17H2,1-3H3,(H,26,27)/t19-,23-/m0/s1. The molecule has 0 aromatic heterocycles. The molecule has 0 spiro atoms. The van der Waals surface area contributed by atoms with Crippen LogP contribution in [0.2, 0.25) is 0 Å². The number of rotatable bonds is 6. The van der Waals surface area contributed by atoms with E-state index >= 15 is 0 Å². The third-order valence-electron chi connectivity index (χ3n) is 6.54. The smallest absolute Gasteiger partial charge is 0.263 e. The monoisotopic (exact) mass is 468 g/mol. The molecule has 0 saturated carbocycles. The summed E-state index contributed by atoms with van der Waals surface area (Å²) in [7, 11) is -3.64. The van der Waals surface area contributed by atoms with Crippen LogP contribution in [0, 0.1) is 12.8 Å². The lowest BCUT2D eigenvalue weighted by molar-refractivity contribution is -0.135. The first-order chi connectivity index (χ1) is 15.8. The molecule has 2 aliphatic heterocycles. The van der Waals surface area contributed by atoms with Crippen molar-refractivity contribution in [1.29, 1.82) is 0 Å². The van der Waals surface area contributed by atoms with E-state index in [0.717, 1.165) is 26.1 Å². The topological polar surface area (TPSA) is 82.1 Å². The van der Waals surface area contributed by atoms with Crippen molar-refractivity contribution in [2.75, 3.05) is 26.2 Å². The average molecular weight is 469 g/mol. The van der Waals surface area contributed by atoms with E-state index in [1.165, 1.54) is 11.1 Å². The molecule has 2 aliphatic rings. The second-order valence-corrected chi connectivity index (χ2v) is 10.7. The molecule has 2 aromatic rings. The number of carbonyl (C=O) groups excluding carboxylic acids is 1. The fraction of sp³-hybridized carbons (Fsp3) is 0.440. The number of benzene rings is 2. The highest BCUT2D eigenvalue weighted by Gasteiger charge is 2.35. The van der Waals surface area contributed by atoms with Crippen LogP contribution in [0.25, 0.3) is 0 Å². The Morgan fingerprint density at radius 3 is 2.52 bits per heavy atom. The van der Waals surface area contributed by atoms with E-state index in [9.17, 15) is 13.2 Å². The number of aryl methyl sites for hydroxylation is 1.